The molecule has 0 N–H and O–H groups in total. The van der Waals surface area contributed by atoms with Gasteiger partial charge in [-0.25, -0.2) is 4.98 Å². The fourth-order valence-corrected chi connectivity index (χ4v) is 4.28. The number of imidazole rings is 1. The maximum Gasteiger partial charge on any atom is 0.254 e. The van der Waals surface area contributed by atoms with Crippen molar-refractivity contribution in [2.75, 3.05) is 26.2 Å². The molecule has 7 nitrogen and oxygen atoms in total. The average Bonchev–Trinajstić information content (AvgIpc) is 3.29. The molecule has 2 aromatic carbocycles. The highest BCUT2D eigenvalue weighted by molar-refractivity contribution is 5.96. The van der Waals surface area contributed by atoms with Gasteiger partial charge in [-0.3, -0.25) is 9.59 Å². The molecule has 1 aliphatic rings. The van der Waals surface area contributed by atoms with E-state index in [0.717, 1.165) is 22.5 Å². The number of ether oxygens (including phenoxy) is 1. The van der Waals surface area contributed by atoms with Crippen LogP contribution >= 0.6 is 0 Å². The molecule has 4 aromatic rings. The molecule has 0 atom stereocenters. The summed E-state index contributed by atoms with van der Waals surface area (Å²) >= 11 is 0. The van der Waals surface area contributed by atoms with Crippen molar-refractivity contribution in [2.24, 2.45) is 0 Å². The molecule has 0 aliphatic carbocycles. The standard InChI is InChI=1S/C28H28N4O3/c1-20-6-9-22(10-7-20)27(33)30-12-14-31(15-13-30)28(34)23-4-3-5-25(16-23)35-19-24-18-32-17-21(2)8-11-26(32)29-24/h3-11,16-18H,12-15,19H2,1-2H3. The van der Waals surface area contributed by atoms with Gasteiger partial charge in [-0.1, -0.05) is 29.8 Å². The summed E-state index contributed by atoms with van der Waals surface area (Å²) in [6.45, 7) is 6.39. The summed E-state index contributed by atoms with van der Waals surface area (Å²) in [5, 5.41) is 0. The third-order valence-corrected chi connectivity index (χ3v) is 6.27. The number of fused-ring (bicyclic) bond motifs is 1. The molecule has 1 saturated heterocycles. The first-order valence-corrected chi connectivity index (χ1v) is 11.8. The Hall–Kier alpha value is -4.13. The number of piperazine rings is 1. The lowest BCUT2D eigenvalue weighted by molar-refractivity contribution is 0.0535. The van der Waals surface area contributed by atoms with Crippen molar-refractivity contribution in [2.45, 2.75) is 20.5 Å². The SMILES string of the molecule is Cc1ccc(C(=O)N2CCN(C(=O)c3cccc(OCc4cn5cc(C)ccc5n4)c3)CC2)cc1. The van der Waals surface area contributed by atoms with Crippen molar-refractivity contribution >= 4 is 17.5 Å². The molecule has 3 heterocycles. The highest BCUT2D eigenvalue weighted by atomic mass is 16.5. The van der Waals surface area contributed by atoms with Crippen LogP contribution in [0.2, 0.25) is 0 Å². The number of hydrogen-bond acceptors (Lipinski definition) is 4. The Kier molecular flexibility index (Phi) is 6.23. The Morgan fingerprint density at radius 3 is 2.17 bits per heavy atom. The highest BCUT2D eigenvalue weighted by Crippen LogP contribution is 2.18. The Labute approximate surface area is 204 Å². The molecule has 1 aliphatic heterocycles. The number of amides is 2. The van der Waals surface area contributed by atoms with Gasteiger partial charge < -0.3 is 18.9 Å². The van der Waals surface area contributed by atoms with Gasteiger partial charge in [0.1, 0.15) is 18.0 Å². The Balaban J connectivity index is 1.18. The van der Waals surface area contributed by atoms with Gasteiger partial charge in [-0.2, -0.15) is 0 Å². The van der Waals surface area contributed by atoms with Crippen LogP contribution in [0.1, 0.15) is 37.5 Å². The number of carbonyl (C=O) groups excluding carboxylic acids is 2. The molecule has 0 spiro atoms. The van der Waals surface area contributed by atoms with E-state index < -0.39 is 0 Å². The molecular weight excluding hydrogens is 440 g/mol. The van der Waals surface area contributed by atoms with Gasteiger partial charge in [0.25, 0.3) is 11.8 Å². The summed E-state index contributed by atoms with van der Waals surface area (Å²) in [6.07, 6.45) is 3.98. The van der Waals surface area contributed by atoms with Gasteiger partial charge in [-0.15, -0.1) is 0 Å². The molecule has 2 aromatic heterocycles. The van der Waals surface area contributed by atoms with Crippen LogP contribution < -0.4 is 4.74 Å². The third-order valence-electron chi connectivity index (χ3n) is 6.27. The molecule has 5 rings (SSSR count). The first-order valence-electron chi connectivity index (χ1n) is 11.8. The van der Waals surface area contributed by atoms with Crippen LogP contribution in [0.15, 0.2) is 73.1 Å². The molecule has 0 unspecified atom stereocenters. The lowest BCUT2D eigenvalue weighted by Crippen LogP contribution is -2.50. The van der Waals surface area contributed by atoms with Crippen molar-refractivity contribution < 1.29 is 14.3 Å². The van der Waals surface area contributed by atoms with Gasteiger partial charge >= 0.3 is 0 Å². The van der Waals surface area contributed by atoms with Gasteiger partial charge in [0.2, 0.25) is 0 Å². The highest BCUT2D eigenvalue weighted by Gasteiger charge is 2.25. The van der Waals surface area contributed by atoms with Crippen LogP contribution in [0.4, 0.5) is 0 Å². The molecule has 1 fully saturated rings. The summed E-state index contributed by atoms with van der Waals surface area (Å²) in [5.74, 6) is 0.577. The van der Waals surface area contributed by atoms with Crippen LogP contribution in [-0.4, -0.2) is 57.2 Å². The summed E-state index contributed by atoms with van der Waals surface area (Å²) in [7, 11) is 0. The Morgan fingerprint density at radius 1 is 0.800 bits per heavy atom. The van der Waals surface area contributed by atoms with E-state index in [-0.39, 0.29) is 11.8 Å². The third kappa shape index (κ3) is 5.04. The van der Waals surface area contributed by atoms with Crippen LogP contribution in [0, 0.1) is 13.8 Å². The zero-order valence-corrected chi connectivity index (χ0v) is 20.0. The number of benzene rings is 2. The van der Waals surface area contributed by atoms with Gasteiger partial charge in [0.15, 0.2) is 0 Å². The molecule has 7 heteroatoms. The maximum absolute atomic E-state index is 13.1. The van der Waals surface area contributed by atoms with E-state index in [1.165, 1.54) is 0 Å². The maximum atomic E-state index is 13.1. The number of nitrogens with zero attached hydrogens (tertiary/aromatic N) is 4. The van der Waals surface area contributed by atoms with Gasteiger partial charge in [-0.05, 0) is 55.8 Å². The lowest BCUT2D eigenvalue weighted by atomic mass is 10.1. The van der Waals surface area contributed by atoms with Gasteiger partial charge in [0, 0.05) is 49.7 Å². The van der Waals surface area contributed by atoms with E-state index in [9.17, 15) is 9.59 Å². The van der Waals surface area contributed by atoms with Crippen LogP contribution in [0.3, 0.4) is 0 Å². The summed E-state index contributed by atoms with van der Waals surface area (Å²) in [4.78, 5) is 34.1. The smallest absolute Gasteiger partial charge is 0.254 e. The number of hydrogen-bond donors (Lipinski definition) is 0. The molecule has 0 radical (unpaired) electrons. The minimum atomic E-state index is -0.0545. The Bertz CT molecular complexity index is 1370. The first-order chi connectivity index (χ1) is 17.0. The average molecular weight is 469 g/mol. The monoisotopic (exact) mass is 468 g/mol. The second kappa shape index (κ2) is 9.62. The lowest BCUT2D eigenvalue weighted by Gasteiger charge is -2.35. The topological polar surface area (TPSA) is 67.2 Å². The normalized spacial score (nSPS) is 13.8. The van der Waals surface area contributed by atoms with E-state index >= 15 is 0 Å². The number of aromatic nitrogens is 2. The van der Waals surface area contributed by atoms with Crippen molar-refractivity contribution in [3.63, 3.8) is 0 Å². The van der Waals surface area contributed by atoms with Crippen LogP contribution in [0.5, 0.6) is 5.75 Å². The molecule has 2 amide bonds. The van der Waals surface area contributed by atoms with Gasteiger partial charge in [0.05, 0.1) is 5.69 Å². The van der Waals surface area contributed by atoms with E-state index in [4.69, 9.17) is 4.74 Å². The second-order valence-electron chi connectivity index (χ2n) is 8.97. The van der Waals surface area contributed by atoms with E-state index in [1.807, 2.05) is 84.1 Å². The summed E-state index contributed by atoms with van der Waals surface area (Å²) in [6, 6.07) is 18.8. The second-order valence-corrected chi connectivity index (χ2v) is 8.97. The Morgan fingerprint density at radius 2 is 1.46 bits per heavy atom. The predicted molar refractivity (Wildman–Crippen MR) is 134 cm³/mol. The number of pyridine rings is 1. The van der Waals surface area contributed by atoms with E-state index in [1.54, 1.807) is 17.0 Å². The first kappa shape index (κ1) is 22.7. The fourth-order valence-electron chi connectivity index (χ4n) is 4.28. The van der Waals surface area contributed by atoms with Crippen molar-refractivity contribution in [1.82, 2.24) is 19.2 Å². The van der Waals surface area contributed by atoms with E-state index in [2.05, 4.69) is 4.98 Å². The van der Waals surface area contributed by atoms with Crippen molar-refractivity contribution in [1.29, 1.82) is 0 Å². The van der Waals surface area contributed by atoms with Crippen molar-refractivity contribution in [3.8, 4) is 5.75 Å². The van der Waals surface area contributed by atoms with Crippen LogP contribution in [-0.2, 0) is 6.61 Å². The molecular formula is C28H28N4O3. The van der Waals surface area contributed by atoms with E-state index in [0.29, 0.717) is 49.7 Å². The molecule has 0 saturated carbocycles. The molecule has 0 bridgehead atoms. The number of carbonyl (C=O) groups is 2. The fraction of sp³-hybridized carbons (Fsp3) is 0.250. The minimum absolute atomic E-state index is 0.00889. The quantitative estimate of drug-likeness (QED) is 0.442. The minimum Gasteiger partial charge on any atom is -0.487 e. The van der Waals surface area contributed by atoms with Crippen molar-refractivity contribution in [3.05, 3.63) is 101 Å². The summed E-state index contributed by atoms with van der Waals surface area (Å²) in [5.41, 5.74) is 5.23. The number of aryl methyl sites for hydroxylation is 2. The largest absolute Gasteiger partial charge is 0.487 e. The zero-order chi connectivity index (χ0) is 24.4. The summed E-state index contributed by atoms with van der Waals surface area (Å²) < 4.78 is 7.92. The predicted octanol–water partition coefficient (Wildman–Crippen LogP) is 4.13. The number of rotatable bonds is 5. The van der Waals surface area contributed by atoms with Crippen LogP contribution in [0.25, 0.3) is 5.65 Å². The molecule has 35 heavy (non-hydrogen) atoms. The molecule has 178 valence electrons. The zero-order valence-electron chi connectivity index (χ0n) is 20.0.